The Morgan fingerprint density at radius 3 is 3.17 bits per heavy atom. The summed E-state index contributed by atoms with van der Waals surface area (Å²) in [6.45, 7) is 1.39. The molecule has 2 aromatic rings. The molecule has 7 nitrogen and oxygen atoms in total. The summed E-state index contributed by atoms with van der Waals surface area (Å²) in [5, 5.41) is 10.0. The van der Waals surface area contributed by atoms with Crippen molar-refractivity contribution in [3.8, 4) is 0 Å². The van der Waals surface area contributed by atoms with Gasteiger partial charge >= 0.3 is 6.03 Å². The third-order valence-corrected chi connectivity index (χ3v) is 4.00. The van der Waals surface area contributed by atoms with Crippen molar-refractivity contribution in [1.82, 2.24) is 25.1 Å². The molecule has 23 heavy (non-hydrogen) atoms. The van der Waals surface area contributed by atoms with Crippen molar-refractivity contribution < 1.29 is 4.79 Å². The molecule has 0 saturated heterocycles. The fraction of sp³-hybridized carbons (Fsp3) is 0.438. The Kier molecular flexibility index (Phi) is 5.08. The van der Waals surface area contributed by atoms with E-state index in [0.29, 0.717) is 12.5 Å². The number of carbonyl (C=O) groups is 1. The number of nitrogens with one attached hydrogen (secondary N) is 3. The summed E-state index contributed by atoms with van der Waals surface area (Å²) in [5.41, 5.74) is 1.00. The number of H-pyrrole nitrogens is 1. The molecule has 3 rings (SSSR count). The fourth-order valence-electron chi connectivity index (χ4n) is 2.74. The lowest BCUT2D eigenvalue weighted by Gasteiger charge is -2.19. The highest BCUT2D eigenvalue weighted by molar-refractivity contribution is 5.88. The topological polar surface area (TPSA) is 87.6 Å². The van der Waals surface area contributed by atoms with Crippen LogP contribution in [0.2, 0.25) is 0 Å². The first-order chi connectivity index (χ1) is 11.3. The zero-order valence-electron chi connectivity index (χ0n) is 13.0. The highest BCUT2D eigenvalue weighted by atomic mass is 16.2. The van der Waals surface area contributed by atoms with E-state index in [1.807, 2.05) is 10.7 Å². The van der Waals surface area contributed by atoms with Crippen molar-refractivity contribution in [2.24, 2.45) is 5.92 Å². The predicted octanol–water partition coefficient (Wildman–Crippen LogP) is 2.33. The minimum atomic E-state index is -0.213. The number of hydrogen-bond donors (Lipinski definition) is 3. The molecule has 0 fully saturated rings. The van der Waals surface area contributed by atoms with Crippen LogP contribution in [0.1, 0.15) is 25.0 Å². The number of imidazole rings is 1. The van der Waals surface area contributed by atoms with Gasteiger partial charge in [-0.15, -0.1) is 0 Å². The lowest BCUT2D eigenvalue weighted by Crippen LogP contribution is -2.31. The summed E-state index contributed by atoms with van der Waals surface area (Å²) in [6, 6.07) is 1.61. The summed E-state index contributed by atoms with van der Waals surface area (Å²) in [5.74, 6) is 1.32. The molecule has 2 amide bonds. The Labute approximate surface area is 135 Å². The van der Waals surface area contributed by atoms with Crippen LogP contribution >= 0.6 is 0 Å². The highest BCUT2D eigenvalue weighted by Gasteiger charge is 2.14. The SMILES string of the molecule is O=C(NCCc1cnc[nH]1)Nc1ccnn1CC1CC=CCC1. The monoisotopic (exact) mass is 314 g/mol. The lowest BCUT2D eigenvalue weighted by molar-refractivity contribution is 0.252. The second-order valence-corrected chi connectivity index (χ2v) is 5.76. The average molecular weight is 314 g/mol. The van der Waals surface area contributed by atoms with Gasteiger partial charge in [-0.1, -0.05) is 12.2 Å². The van der Waals surface area contributed by atoms with Crippen LogP contribution in [0.15, 0.2) is 36.9 Å². The summed E-state index contributed by atoms with van der Waals surface area (Å²) >= 11 is 0. The number of rotatable bonds is 6. The van der Waals surface area contributed by atoms with Crippen LogP contribution in [0.4, 0.5) is 10.6 Å². The molecule has 1 aliphatic rings. The zero-order valence-corrected chi connectivity index (χ0v) is 13.0. The Morgan fingerprint density at radius 2 is 2.39 bits per heavy atom. The van der Waals surface area contributed by atoms with E-state index in [9.17, 15) is 4.79 Å². The Bertz CT molecular complexity index is 645. The number of amides is 2. The van der Waals surface area contributed by atoms with E-state index in [4.69, 9.17) is 0 Å². The molecule has 0 bridgehead atoms. The summed E-state index contributed by atoms with van der Waals surface area (Å²) in [4.78, 5) is 18.9. The van der Waals surface area contributed by atoms with Gasteiger partial charge in [-0.25, -0.2) is 14.5 Å². The molecule has 3 N–H and O–H groups in total. The fourth-order valence-corrected chi connectivity index (χ4v) is 2.74. The Balaban J connectivity index is 1.46. The molecule has 7 heteroatoms. The molecular formula is C16H22N6O. The van der Waals surface area contributed by atoms with Crippen molar-refractivity contribution in [2.45, 2.75) is 32.2 Å². The van der Waals surface area contributed by atoms with E-state index < -0.39 is 0 Å². The van der Waals surface area contributed by atoms with Crippen molar-refractivity contribution in [3.63, 3.8) is 0 Å². The number of nitrogens with zero attached hydrogens (tertiary/aromatic N) is 3. The molecule has 1 unspecified atom stereocenters. The number of hydrogen-bond acceptors (Lipinski definition) is 3. The van der Waals surface area contributed by atoms with Crippen LogP contribution in [0.25, 0.3) is 0 Å². The van der Waals surface area contributed by atoms with Crippen LogP contribution in [0, 0.1) is 5.92 Å². The van der Waals surface area contributed by atoms with Crippen LogP contribution in [-0.2, 0) is 13.0 Å². The molecule has 1 aliphatic carbocycles. The van der Waals surface area contributed by atoms with Crippen LogP contribution < -0.4 is 10.6 Å². The molecular weight excluding hydrogens is 292 g/mol. The first-order valence-corrected chi connectivity index (χ1v) is 8.00. The number of anilines is 1. The van der Waals surface area contributed by atoms with E-state index >= 15 is 0 Å². The maximum Gasteiger partial charge on any atom is 0.320 e. The van der Waals surface area contributed by atoms with Gasteiger partial charge in [0.05, 0.1) is 12.5 Å². The van der Waals surface area contributed by atoms with Gasteiger partial charge in [-0.2, -0.15) is 5.10 Å². The van der Waals surface area contributed by atoms with Crippen LogP contribution in [-0.4, -0.2) is 32.3 Å². The maximum absolute atomic E-state index is 12.0. The molecule has 0 saturated carbocycles. The van der Waals surface area contributed by atoms with Gasteiger partial charge in [0.1, 0.15) is 5.82 Å². The molecule has 2 heterocycles. The van der Waals surface area contributed by atoms with Gasteiger partial charge in [-0.05, 0) is 25.2 Å². The molecule has 0 spiro atoms. The Hall–Kier alpha value is -2.57. The quantitative estimate of drug-likeness (QED) is 0.715. The van der Waals surface area contributed by atoms with Gasteiger partial charge in [0.2, 0.25) is 0 Å². The third kappa shape index (κ3) is 4.45. The van der Waals surface area contributed by atoms with Gasteiger partial charge < -0.3 is 10.3 Å². The number of aromatic nitrogens is 4. The second kappa shape index (κ2) is 7.62. The smallest absolute Gasteiger partial charge is 0.320 e. The standard InChI is InChI=1S/C16H22N6O/c23-16(18-8-6-14-10-17-12-19-14)21-15-7-9-20-22(15)11-13-4-2-1-3-5-13/h1-2,7,9-10,12-13H,3-6,8,11H2,(H,17,19)(H2,18,21,23). The largest absolute Gasteiger partial charge is 0.348 e. The molecule has 0 aliphatic heterocycles. The van der Waals surface area contributed by atoms with Gasteiger partial charge in [0.25, 0.3) is 0 Å². The van der Waals surface area contributed by atoms with Crippen molar-refractivity contribution in [2.75, 3.05) is 11.9 Å². The van der Waals surface area contributed by atoms with E-state index in [0.717, 1.165) is 37.3 Å². The van der Waals surface area contributed by atoms with Crippen molar-refractivity contribution in [3.05, 3.63) is 42.6 Å². The summed E-state index contributed by atoms with van der Waals surface area (Å²) in [6.07, 6.45) is 13.7. The maximum atomic E-state index is 12.0. The average Bonchev–Trinajstić information content (AvgIpc) is 3.21. The second-order valence-electron chi connectivity index (χ2n) is 5.76. The normalized spacial score (nSPS) is 17.1. The predicted molar refractivity (Wildman–Crippen MR) is 88.0 cm³/mol. The molecule has 122 valence electrons. The third-order valence-electron chi connectivity index (χ3n) is 4.00. The number of allylic oxidation sites excluding steroid dienone is 2. The van der Waals surface area contributed by atoms with Crippen molar-refractivity contribution in [1.29, 1.82) is 0 Å². The number of urea groups is 1. The van der Waals surface area contributed by atoms with E-state index in [2.05, 4.69) is 37.9 Å². The van der Waals surface area contributed by atoms with Crippen molar-refractivity contribution >= 4 is 11.8 Å². The van der Waals surface area contributed by atoms with E-state index in [-0.39, 0.29) is 6.03 Å². The van der Waals surface area contributed by atoms with E-state index in [1.54, 1.807) is 18.7 Å². The van der Waals surface area contributed by atoms with Gasteiger partial charge in [0.15, 0.2) is 0 Å². The lowest BCUT2D eigenvalue weighted by atomic mass is 9.94. The van der Waals surface area contributed by atoms with Crippen LogP contribution in [0.3, 0.4) is 0 Å². The van der Waals surface area contributed by atoms with E-state index in [1.165, 1.54) is 6.42 Å². The van der Waals surface area contributed by atoms with Gasteiger partial charge in [-0.3, -0.25) is 5.32 Å². The molecule has 0 radical (unpaired) electrons. The first kappa shape index (κ1) is 15.3. The number of carbonyl (C=O) groups excluding carboxylic acids is 1. The molecule has 2 aromatic heterocycles. The molecule has 0 aromatic carbocycles. The van der Waals surface area contributed by atoms with Crippen LogP contribution in [0.5, 0.6) is 0 Å². The number of aromatic amines is 1. The van der Waals surface area contributed by atoms with Gasteiger partial charge in [0, 0.05) is 37.5 Å². The highest BCUT2D eigenvalue weighted by Crippen LogP contribution is 2.21. The first-order valence-electron chi connectivity index (χ1n) is 8.00. The minimum absolute atomic E-state index is 0.213. The summed E-state index contributed by atoms with van der Waals surface area (Å²) < 4.78 is 1.87. The Morgan fingerprint density at radius 1 is 1.43 bits per heavy atom. The summed E-state index contributed by atoms with van der Waals surface area (Å²) in [7, 11) is 0. The molecule has 1 atom stereocenters. The zero-order chi connectivity index (χ0) is 15.9. The minimum Gasteiger partial charge on any atom is -0.348 e.